The summed E-state index contributed by atoms with van der Waals surface area (Å²) < 4.78 is 18.9. The standard InChI is InChI=1S/C12H14FNO/c13-9-2-1-8-4-6-15-12(10(8)7-9)11-3-5-14-11/h1-2,7,11-12,14H,3-6H2/t11?,12-/m1/s1. The van der Waals surface area contributed by atoms with Crippen LogP contribution >= 0.6 is 0 Å². The topological polar surface area (TPSA) is 21.3 Å². The van der Waals surface area contributed by atoms with Gasteiger partial charge in [-0.2, -0.15) is 0 Å². The summed E-state index contributed by atoms with van der Waals surface area (Å²) in [6.07, 6.45) is 2.08. The second-order valence-corrected chi connectivity index (χ2v) is 4.23. The molecule has 0 bridgehead atoms. The monoisotopic (exact) mass is 207 g/mol. The van der Waals surface area contributed by atoms with Gasteiger partial charge in [0.15, 0.2) is 0 Å². The summed E-state index contributed by atoms with van der Waals surface area (Å²) in [5.74, 6) is -0.163. The van der Waals surface area contributed by atoms with Crippen LogP contribution in [0.5, 0.6) is 0 Å². The van der Waals surface area contributed by atoms with Crippen molar-refractivity contribution in [2.45, 2.75) is 25.0 Å². The largest absolute Gasteiger partial charge is 0.372 e. The van der Waals surface area contributed by atoms with E-state index in [1.165, 1.54) is 11.6 Å². The molecule has 80 valence electrons. The third kappa shape index (κ3) is 1.56. The summed E-state index contributed by atoms with van der Waals surface area (Å²) in [4.78, 5) is 0. The van der Waals surface area contributed by atoms with Crippen molar-refractivity contribution in [3.05, 3.63) is 35.1 Å². The molecule has 0 radical (unpaired) electrons. The van der Waals surface area contributed by atoms with Gasteiger partial charge < -0.3 is 10.1 Å². The van der Waals surface area contributed by atoms with Crippen LogP contribution in [0, 0.1) is 5.82 Å². The summed E-state index contributed by atoms with van der Waals surface area (Å²) in [5.41, 5.74) is 2.28. The molecule has 2 aliphatic rings. The number of hydrogen-bond donors (Lipinski definition) is 1. The van der Waals surface area contributed by atoms with E-state index in [0.717, 1.165) is 31.6 Å². The fourth-order valence-electron chi connectivity index (χ4n) is 2.35. The minimum absolute atomic E-state index is 0.0539. The second-order valence-electron chi connectivity index (χ2n) is 4.23. The van der Waals surface area contributed by atoms with Crippen LogP contribution in [0.3, 0.4) is 0 Å². The Labute approximate surface area is 88.4 Å². The lowest BCUT2D eigenvalue weighted by Crippen LogP contribution is -2.48. The number of benzene rings is 1. The molecular formula is C12H14FNO. The van der Waals surface area contributed by atoms with Crippen LogP contribution in [-0.2, 0) is 11.2 Å². The molecule has 0 saturated carbocycles. The lowest BCUT2D eigenvalue weighted by atomic mass is 9.89. The summed E-state index contributed by atoms with van der Waals surface area (Å²) in [6, 6.07) is 5.43. The average Bonchev–Trinajstić information content (AvgIpc) is 2.16. The lowest BCUT2D eigenvalue weighted by Gasteiger charge is -2.38. The molecule has 0 spiro atoms. The predicted molar refractivity (Wildman–Crippen MR) is 55.2 cm³/mol. The van der Waals surface area contributed by atoms with Crippen LogP contribution in [0.25, 0.3) is 0 Å². The van der Waals surface area contributed by atoms with Gasteiger partial charge in [0.05, 0.1) is 12.7 Å². The summed E-state index contributed by atoms with van der Waals surface area (Å²) in [5, 5.41) is 3.33. The van der Waals surface area contributed by atoms with Gasteiger partial charge >= 0.3 is 0 Å². The number of fused-ring (bicyclic) bond motifs is 1. The summed E-state index contributed by atoms with van der Waals surface area (Å²) >= 11 is 0. The van der Waals surface area contributed by atoms with Gasteiger partial charge in [-0.05, 0) is 42.6 Å². The fraction of sp³-hybridized carbons (Fsp3) is 0.500. The van der Waals surface area contributed by atoms with Crippen molar-refractivity contribution in [3.63, 3.8) is 0 Å². The molecule has 2 heterocycles. The highest BCUT2D eigenvalue weighted by molar-refractivity contribution is 5.33. The molecule has 3 rings (SSSR count). The Kier molecular flexibility index (Phi) is 2.22. The fourth-order valence-corrected chi connectivity index (χ4v) is 2.35. The van der Waals surface area contributed by atoms with Crippen LogP contribution < -0.4 is 5.32 Å². The van der Waals surface area contributed by atoms with Crippen molar-refractivity contribution in [3.8, 4) is 0 Å². The van der Waals surface area contributed by atoms with E-state index < -0.39 is 0 Å². The van der Waals surface area contributed by atoms with Gasteiger partial charge in [0, 0.05) is 6.04 Å². The van der Waals surface area contributed by atoms with Crippen molar-refractivity contribution in [1.82, 2.24) is 5.32 Å². The summed E-state index contributed by atoms with van der Waals surface area (Å²) in [7, 11) is 0. The molecule has 15 heavy (non-hydrogen) atoms. The third-order valence-electron chi connectivity index (χ3n) is 3.31. The van der Waals surface area contributed by atoms with E-state index in [9.17, 15) is 4.39 Å². The van der Waals surface area contributed by atoms with E-state index in [2.05, 4.69) is 5.32 Å². The highest BCUT2D eigenvalue weighted by Gasteiger charge is 2.32. The SMILES string of the molecule is Fc1ccc2c(c1)[C@H](C1CCN1)OCC2. The van der Waals surface area contributed by atoms with Gasteiger partial charge in [0.1, 0.15) is 5.82 Å². The lowest BCUT2D eigenvalue weighted by molar-refractivity contribution is -0.00171. The molecule has 3 heteroatoms. The van der Waals surface area contributed by atoms with E-state index in [0.29, 0.717) is 6.04 Å². The molecular weight excluding hydrogens is 193 g/mol. The Balaban J connectivity index is 1.96. The molecule has 0 amide bonds. The van der Waals surface area contributed by atoms with Crippen LogP contribution in [0.4, 0.5) is 4.39 Å². The highest BCUT2D eigenvalue weighted by Crippen LogP contribution is 2.33. The minimum Gasteiger partial charge on any atom is -0.372 e. The normalized spacial score (nSPS) is 29.4. The number of halogens is 1. The van der Waals surface area contributed by atoms with Gasteiger partial charge in [-0.1, -0.05) is 6.07 Å². The zero-order valence-corrected chi connectivity index (χ0v) is 8.50. The third-order valence-corrected chi connectivity index (χ3v) is 3.31. The first-order valence-corrected chi connectivity index (χ1v) is 5.48. The Hall–Kier alpha value is -0.930. The van der Waals surface area contributed by atoms with Crippen LogP contribution in [-0.4, -0.2) is 19.2 Å². The molecule has 2 nitrogen and oxygen atoms in total. The van der Waals surface area contributed by atoms with Gasteiger partial charge in [0.25, 0.3) is 0 Å². The van der Waals surface area contributed by atoms with Gasteiger partial charge in [-0.3, -0.25) is 0 Å². The number of hydrogen-bond acceptors (Lipinski definition) is 2. The Bertz CT molecular complexity index is 376. The molecule has 1 saturated heterocycles. The summed E-state index contributed by atoms with van der Waals surface area (Å²) in [6.45, 7) is 1.80. The maximum Gasteiger partial charge on any atom is 0.123 e. The molecule has 1 N–H and O–H groups in total. The maximum absolute atomic E-state index is 13.2. The molecule has 0 aromatic heterocycles. The smallest absolute Gasteiger partial charge is 0.123 e. The number of rotatable bonds is 1. The van der Waals surface area contributed by atoms with E-state index in [4.69, 9.17) is 4.74 Å². The molecule has 1 fully saturated rings. The first kappa shape index (κ1) is 9.31. The van der Waals surface area contributed by atoms with Crippen molar-refractivity contribution in [1.29, 1.82) is 0 Å². The van der Waals surface area contributed by atoms with Gasteiger partial charge in [0.2, 0.25) is 0 Å². The maximum atomic E-state index is 13.2. The van der Waals surface area contributed by atoms with Crippen LogP contribution in [0.2, 0.25) is 0 Å². The quantitative estimate of drug-likeness (QED) is 0.758. The van der Waals surface area contributed by atoms with Crippen molar-refractivity contribution < 1.29 is 9.13 Å². The van der Waals surface area contributed by atoms with E-state index in [1.807, 2.05) is 6.07 Å². The van der Waals surface area contributed by atoms with Gasteiger partial charge in [-0.15, -0.1) is 0 Å². The number of ether oxygens (including phenoxy) is 1. The Morgan fingerprint density at radius 3 is 3.00 bits per heavy atom. The molecule has 1 aromatic carbocycles. The zero-order chi connectivity index (χ0) is 10.3. The number of nitrogens with one attached hydrogen (secondary N) is 1. The minimum atomic E-state index is -0.163. The molecule has 1 unspecified atom stereocenters. The van der Waals surface area contributed by atoms with Gasteiger partial charge in [-0.25, -0.2) is 4.39 Å². The van der Waals surface area contributed by atoms with Crippen LogP contribution in [0.1, 0.15) is 23.7 Å². The van der Waals surface area contributed by atoms with Crippen LogP contribution in [0.15, 0.2) is 18.2 Å². The molecule has 2 atom stereocenters. The zero-order valence-electron chi connectivity index (χ0n) is 8.50. The first-order chi connectivity index (χ1) is 7.34. The van der Waals surface area contributed by atoms with Crippen molar-refractivity contribution in [2.75, 3.05) is 13.2 Å². The highest BCUT2D eigenvalue weighted by atomic mass is 19.1. The van der Waals surface area contributed by atoms with Crippen molar-refractivity contribution in [2.24, 2.45) is 0 Å². The van der Waals surface area contributed by atoms with Crippen molar-refractivity contribution >= 4 is 0 Å². The average molecular weight is 207 g/mol. The molecule has 1 aromatic rings. The van der Waals surface area contributed by atoms with E-state index in [-0.39, 0.29) is 11.9 Å². The van der Waals surface area contributed by atoms with E-state index in [1.54, 1.807) is 6.07 Å². The Morgan fingerprint density at radius 1 is 1.40 bits per heavy atom. The second kappa shape index (κ2) is 3.58. The Morgan fingerprint density at radius 2 is 2.27 bits per heavy atom. The first-order valence-electron chi connectivity index (χ1n) is 5.48. The molecule has 0 aliphatic carbocycles. The van der Waals surface area contributed by atoms with E-state index >= 15 is 0 Å². The molecule has 2 aliphatic heterocycles. The predicted octanol–water partition coefficient (Wildman–Crippen LogP) is 1.80.